The minimum Gasteiger partial charge on any atom is -0.386 e. The van der Waals surface area contributed by atoms with Gasteiger partial charge in [-0.05, 0) is 48.9 Å². The van der Waals surface area contributed by atoms with Crippen molar-refractivity contribution in [3.8, 4) is 0 Å². The molecule has 3 aliphatic heterocycles. The Hall–Kier alpha value is -4.26. The molecule has 0 saturated carbocycles. The number of aliphatic hydroxyl groups is 1. The summed E-state index contributed by atoms with van der Waals surface area (Å²) in [5.74, 6) is -0.412. The zero-order valence-corrected chi connectivity index (χ0v) is 20.7. The van der Waals surface area contributed by atoms with Gasteiger partial charge in [0.25, 0.3) is 11.8 Å². The van der Waals surface area contributed by atoms with Crippen LogP contribution in [-0.4, -0.2) is 86.7 Å². The monoisotopic (exact) mass is 518 g/mol. The summed E-state index contributed by atoms with van der Waals surface area (Å²) in [7, 11) is 0. The number of nitrogens with two attached hydrogens (primary N) is 2. The number of rotatable bonds is 5. The van der Waals surface area contributed by atoms with Crippen LogP contribution in [0.3, 0.4) is 0 Å². The smallest absolute Gasteiger partial charge is 0.289 e. The van der Waals surface area contributed by atoms with E-state index in [1.54, 1.807) is 11.0 Å². The van der Waals surface area contributed by atoms with Gasteiger partial charge in [0, 0.05) is 31.0 Å². The van der Waals surface area contributed by atoms with E-state index in [1.165, 1.54) is 18.0 Å². The van der Waals surface area contributed by atoms with Crippen LogP contribution in [0.25, 0.3) is 0 Å². The Bertz CT molecular complexity index is 1330. The second-order valence-corrected chi connectivity index (χ2v) is 10.0. The fourth-order valence-electron chi connectivity index (χ4n) is 6.14. The highest BCUT2D eigenvalue weighted by atomic mass is 16.3. The van der Waals surface area contributed by atoms with Gasteiger partial charge in [0.1, 0.15) is 12.1 Å². The zero-order chi connectivity index (χ0) is 26.4. The molecular weight excluding hydrogens is 488 g/mol. The highest BCUT2D eigenvalue weighted by Gasteiger charge is 2.65. The number of nitrogens with zero attached hydrogens (tertiary/aromatic N) is 5. The van der Waals surface area contributed by atoms with Crippen LogP contribution in [-0.2, 0) is 12.8 Å². The molecule has 6 rings (SSSR count). The number of aromatic nitrogens is 2. The van der Waals surface area contributed by atoms with Gasteiger partial charge in [-0.2, -0.15) is 0 Å². The first-order valence-electron chi connectivity index (χ1n) is 12.8. The lowest BCUT2D eigenvalue weighted by molar-refractivity contribution is 0.0144. The molecule has 3 unspecified atom stereocenters. The standard InChI is InChI=1S/C25H30N10O3/c26-23-33-18-16(11-30-22(38)20-28-9-4-10-29-20)32-24(27)35-12-17(19(36)25(18,35)34-23)31-21(37)15-8-3-6-13-5-1-2-7-14(13)15/h3-4,6,8-10,16-19,36H,1-2,5,7,11-12H2,(H2,27,32)(H,30,38)(H,31,37)(H3,26,33,34)/t16-,17?,18?,19+,25?/m0/s1. The summed E-state index contributed by atoms with van der Waals surface area (Å²) in [6.45, 7) is 0.275. The van der Waals surface area contributed by atoms with E-state index in [0.29, 0.717) is 5.56 Å². The number of aryl methyl sites for hydroxylation is 1. The van der Waals surface area contributed by atoms with Crippen molar-refractivity contribution in [1.82, 2.24) is 30.8 Å². The van der Waals surface area contributed by atoms with E-state index >= 15 is 0 Å². The minimum atomic E-state index is -1.22. The Labute approximate surface area is 218 Å². The van der Waals surface area contributed by atoms with E-state index in [2.05, 4.69) is 42.0 Å². The number of aliphatic hydroxyl groups excluding tert-OH is 1. The molecule has 0 radical (unpaired) electrons. The van der Waals surface area contributed by atoms with Crippen LogP contribution in [0.4, 0.5) is 0 Å². The molecule has 1 aliphatic carbocycles. The maximum Gasteiger partial charge on any atom is 0.289 e. The number of carbonyl (C=O) groups is 2. The van der Waals surface area contributed by atoms with Gasteiger partial charge >= 0.3 is 0 Å². The molecule has 1 aromatic heterocycles. The SMILES string of the molecule is NC1=NC2[C@H](CNC(=O)c3ncccn3)N=C(N)N3CC(NC(=O)c4cccc5c4CCCC5)[C@@H](O)C23N1. The average molecular weight is 519 g/mol. The molecule has 0 bridgehead atoms. The molecule has 2 amide bonds. The second-order valence-electron chi connectivity index (χ2n) is 10.0. The molecule has 2 aromatic rings. The van der Waals surface area contributed by atoms with Crippen LogP contribution in [0.5, 0.6) is 0 Å². The average Bonchev–Trinajstić information content (AvgIpc) is 3.43. The quantitative estimate of drug-likeness (QED) is 0.266. The Balaban J connectivity index is 1.22. The van der Waals surface area contributed by atoms with Crippen molar-refractivity contribution in [1.29, 1.82) is 0 Å². The van der Waals surface area contributed by atoms with Gasteiger partial charge in [0.15, 0.2) is 17.6 Å². The summed E-state index contributed by atoms with van der Waals surface area (Å²) in [4.78, 5) is 44.6. The molecule has 1 saturated heterocycles. The van der Waals surface area contributed by atoms with E-state index < -0.39 is 35.8 Å². The topological polar surface area (TPSA) is 196 Å². The molecule has 4 heterocycles. The number of fused-ring (bicyclic) bond motifs is 1. The third-order valence-corrected chi connectivity index (χ3v) is 7.85. The van der Waals surface area contributed by atoms with Crippen molar-refractivity contribution in [3.05, 3.63) is 59.2 Å². The van der Waals surface area contributed by atoms with Gasteiger partial charge in [0.05, 0.1) is 12.1 Å². The van der Waals surface area contributed by atoms with Gasteiger partial charge in [0.2, 0.25) is 5.82 Å². The van der Waals surface area contributed by atoms with E-state index in [1.807, 2.05) is 12.1 Å². The zero-order valence-electron chi connectivity index (χ0n) is 20.7. The van der Waals surface area contributed by atoms with Crippen molar-refractivity contribution < 1.29 is 14.7 Å². The first-order valence-corrected chi connectivity index (χ1v) is 12.8. The van der Waals surface area contributed by atoms with Crippen molar-refractivity contribution in [2.75, 3.05) is 13.1 Å². The molecule has 5 atom stereocenters. The first-order chi connectivity index (χ1) is 18.4. The van der Waals surface area contributed by atoms with Crippen LogP contribution < -0.4 is 27.4 Å². The summed E-state index contributed by atoms with van der Waals surface area (Å²) in [6, 6.07) is 5.45. The van der Waals surface area contributed by atoms with Crippen molar-refractivity contribution in [2.45, 2.75) is 55.6 Å². The first kappa shape index (κ1) is 24.1. The number of nitrogens with one attached hydrogen (secondary N) is 3. The van der Waals surface area contributed by atoms with Crippen molar-refractivity contribution >= 4 is 23.7 Å². The van der Waals surface area contributed by atoms with Crippen LogP contribution in [0, 0.1) is 0 Å². The van der Waals surface area contributed by atoms with E-state index in [4.69, 9.17) is 11.5 Å². The third kappa shape index (κ3) is 3.81. The predicted octanol–water partition coefficient (Wildman–Crippen LogP) is -1.76. The number of amides is 2. The summed E-state index contributed by atoms with van der Waals surface area (Å²) in [5.41, 5.74) is 14.1. The number of hydrogen-bond acceptors (Lipinski definition) is 11. The normalized spacial score (nSPS) is 29.2. The maximum atomic E-state index is 13.4. The van der Waals surface area contributed by atoms with Gasteiger partial charge in [-0.15, -0.1) is 0 Å². The number of guanidine groups is 2. The highest BCUT2D eigenvalue weighted by molar-refractivity contribution is 5.96. The minimum absolute atomic E-state index is 0.0240. The Morgan fingerprint density at radius 1 is 1.11 bits per heavy atom. The Morgan fingerprint density at radius 3 is 2.71 bits per heavy atom. The lowest BCUT2D eigenvalue weighted by Crippen LogP contribution is -2.73. The molecule has 1 spiro atoms. The predicted molar refractivity (Wildman–Crippen MR) is 138 cm³/mol. The number of benzene rings is 1. The Morgan fingerprint density at radius 2 is 1.89 bits per heavy atom. The number of hydrogen-bond donors (Lipinski definition) is 6. The van der Waals surface area contributed by atoms with Gasteiger partial charge in [-0.1, -0.05) is 12.1 Å². The van der Waals surface area contributed by atoms with Crippen LogP contribution >= 0.6 is 0 Å². The number of aliphatic imine (C=N–C) groups is 2. The van der Waals surface area contributed by atoms with Crippen LogP contribution in [0.15, 0.2) is 46.6 Å². The summed E-state index contributed by atoms with van der Waals surface area (Å²) in [6.07, 6.45) is 5.82. The fourth-order valence-corrected chi connectivity index (χ4v) is 6.14. The highest BCUT2D eigenvalue weighted by Crippen LogP contribution is 2.40. The molecule has 1 aromatic carbocycles. The van der Waals surface area contributed by atoms with E-state index in [9.17, 15) is 14.7 Å². The maximum absolute atomic E-state index is 13.4. The van der Waals surface area contributed by atoms with Gasteiger partial charge in [-0.25, -0.2) is 20.0 Å². The van der Waals surface area contributed by atoms with E-state index in [0.717, 1.165) is 31.2 Å². The third-order valence-electron chi connectivity index (χ3n) is 7.85. The second kappa shape index (κ2) is 9.24. The molecule has 198 valence electrons. The van der Waals surface area contributed by atoms with Crippen molar-refractivity contribution in [3.63, 3.8) is 0 Å². The number of carbonyl (C=O) groups excluding carboxylic acids is 2. The lowest BCUT2D eigenvalue weighted by Gasteiger charge is -2.46. The largest absolute Gasteiger partial charge is 0.386 e. The lowest BCUT2D eigenvalue weighted by atomic mass is 9.87. The molecule has 8 N–H and O–H groups in total. The van der Waals surface area contributed by atoms with Crippen LogP contribution in [0.2, 0.25) is 0 Å². The summed E-state index contributed by atoms with van der Waals surface area (Å²) >= 11 is 0. The Kier molecular flexibility index (Phi) is 5.86. The van der Waals surface area contributed by atoms with Crippen LogP contribution in [0.1, 0.15) is 44.9 Å². The van der Waals surface area contributed by atoms with Crippen molar-refractivity contribution in [2.24, 2.45) is 21.5 Å². The molecule has 38 heavy (non-hydrogen) atoms. The summed E-state index contributed by atoms with van der Waals surface area (Å²) < 4.78 is 0. The van der Waals surface area contributed by atoms with Gasteiger partial charge < -0.3 is 37.4 Å². The summed E-state index contributed by atoms with van der Waals surface area (Å²) in [5, 5.41) is 20.5. The molecule has 13 nitrogen and oxygen atoms in total. The van der Waals surface area contributed by atoms with E-state index in [-0.39, 0.29) is 36.7 Å². The fraction of sp³-hybridized carbons (Fsp3) is 0.440. The molecule has 13 heteroatoms. The molecule has 4 aliphatic rings. The van der Waals surface area contributed by atoms with Gasteiger partial charge in [-0.3, -0.25) is 9.59 Å². The molecule has 1 fully saturated rings. The molecular formula is C25H30N10O3.